The Hall–Kier alpha value is -3.35. The molecule has 7 heteroatoms. The summed E-state index contributed by atoms with van der Waals surface area (Å²) >= 11 is 0. The van der Waals surface area contributed by atoms with E-state index in [9.17, 15) is 14.4 Å². The first-order chi connectivity index (χ1) is 13.8. The lowest BCUT2D eigenvalue weighted by Crippen LogP contribution is -2.30. The number of ether oxygens (including phenoxy) is 3. The van der Waals surface area contributed by atoms with Crippen molar-refractivity contribution in [3.05, 3.63) is 59.2 Å². The van der Waals surface area contributed by atoms with Crippen molar-refractivity contribution < 1.29 is 28.6 Å². The zero-order valence-electron chi connectivity index (χ0n) is 17.1. The highest BCUT2D eigenvalue weighted by molar-refractivity contribution is 5.97. The predicted octanol–water partition coefficient (Wildman–Crippen LogP) is 3.79. The average molecular weight is 399 g/mol. The summed E-state index contributed by atoms with van der Waals surface area (Å²) in [6.07, 6.45) is -0.881. The molecular weight excluding hydrogens is 374 g/mol. The predicted molar refractivity (Wildman–Crippen MR) is 108 cm³/mol. The van der Waals surface area contributed by atoms with Gasteiger partial charge in [-0.2, -0.15) is 0 Å². The van der Waals surface area contributed by atoms with Crippen LogP contribution in [0.3, 0.4) is 0 Å². The van der Waals surface area contributed by atoms with Gasteiger partial charge in [-0.15, -0.1) is 0 Å². The van der Waals surface area contributed by atoms with E-state index < -0.39 is 18.0 Å². The summed E-state index contributed by atoms with van der Waals surface area (Å²) in [5.41, 5.74) is 1.95. The monoisotopic (exact) mass is 399 g/mol. The van der Waals surface area contributed by atoms with E-state index in [0.29, 0.717) is 5.69 Å². The Morgan fingerprint density at radius 3 is 1.93 bits per heavy atom. The summed E-state index contributed by atoms with van der Waals surface area (Å²) in [5.74, 6) is -1.22. The number of hydrogen-bond acceptors (Lipinski definition) is 6. The van der Waals surface area contributed by atoms with E-state index in [4.69, 9.17) is 14.2 Å². The molecule has 0 heterocycles. The second-order valence-corrected chi connectivity index (χ2v) is 6.72. The van der Waals surface area contributed by atoms with E-state index >= 15 is 0 Å². The SMILES string of the molecule is COC(=O)c1cc(O[C@H](C)C(=O)Nc2ccccc2C(C)C)cc(C(=O)OC)c1. The van der Waals surface area contributed by atoms with Crippen LogP contribution in [0.25, 0.3) is 0 Å². The molecule has 1 atom stereocenters. The van der Waals surface area contributed by atoms with E-state index in [0.717, 1.165) is 5.56 Å². The number of rotatable bonds is 7. The lowest BCUT2D eigenvalue weighted by Gasteiger charge is -2.18. The van der Waals surface area contributed by atoms with Gasteiger partial charge in [-0.3, -0.25) is 4.79 Å². The minimum atomic E-state index is -0.881. The molecule has 0 saturated carbocycles. The van der Waals surface area contributed by atoms with Crippen LogP contribution in [0.1, 0.15) is 53.0 Å². The zero-order valence-corrected chi connectivity index (χ0v) is 17.1. The number of anilines is 1. The highest BCUT2D eigenvalue weighted by Crippen LogP contribution is 2.25. The Balaban J connectivity index is 2.23. The van der Waals surface area contributed by atoms with Gasteiger partial charge in [-0.1, -0.05) is 32.0 Å². The largest absolute Gasteiger partial charge is 0.481 e. The fraction of sp³-hybridized carbons (Fsp3) is 0.318. The van der Waals surface area contributed by atoms with Gasteiger partial charge in [0.15, 0.2) is 6.10 Å². The van der Waals surface area contributed by atoms with Crippen molar-refractivity contribution in [1.82, 2.24) is 0 Å². The number of para-hydroxylation sites is 1. The highest BCUT2D eigenvalue weighted by atomic mass is 16.5. The smallest absolute Gasteiger partial charge is 0.338 e. The average Bonchev–Trinajstić information content (AvgIpc) is 2.72. The number of benzene rings is 2. The number of methoxy groups -OCH3 is 2. The summed E-state index contributed by atoms with van der Waals surface area (Å²) in [4.78, 5) is 36.4. The Morgan fingerprint density at radius 2 is 1.41 bits per heavy atom. The number of esters is 2. The number of carbonyl (C=O) groups is 3. The molecule has 0 aromatic heterocycles. The van der Waals surface area contributed by atoms with Gasteiger partial charge in [0.1, 0.15) is 5.75 Å². The number of hydrogen-bond donors (Lipinski definition) is 1. The molecule has 0 aliphatic rings. The molecule has 0 fully saturated rings. The first kappa shape index (κ1) is 21.9. The molecule has 7 nitrogen and oxygen atoms in total. The highest BCUT2D eigenvalue weighted by Gasteiger charge is 2.20. The summed E-state index contributed by atoms with van der Waals surface area (Å²) in [7, 11) is 2.46. The summed E-state index contributed by atoms with van der Waals surface area (Å²) < 4.78 is 15.1. The second-order valence-electron chi connectivity index (χ2n) is 6.72. The number of amides is 1. The van der Waals surface area contributed by atoms with Crippen molar-refractivity contribution >= 4 is 23.5 Å². The van der Waals surface area contributed by atoms with Crippen molar-refractivity contribution in [3.8, 4) is 5.75 Å². The van der Waals surface area contributed by atoms with E-state index in [1.165, 1.54) is 32.4 Å². The third kappa shape index (κ3) is 5.57. The molecule has 1 N–H and O–H groups in total. The van der Waals surface area contributed by atoms with Crippen LogP contribution < -0.4 is 10.1 Å². The van der Waals surface area contributed by atoms with Crippen molar-refractivity contribution in [1.29, 1.82) is 0 Å². The van der Waals surface area contributed by atoms with E-state index in [1.54, 1.807) is 6.92 Å². The van der Waals surface area contributed by atoms with Crippen LogP contribution in [-0.2, 0) is 14.3 Å². The van der Waals surface area contributed by atoms with Crippen LogP contribution in [0.2, 0.25) is 0 Å². The van der Waals surface area contributed by atoms with E-state index in [1.807, 2.05) is 38.1 Å². The Labute approximate surface area is 170 Å². The molecule has 2 aromatic rings. The van der Waals surface area contributed by atoms with Gasteiger partial charge in [-0.05, 0) is 42.7 Å². The van der Waals surface area contributed by atoms with Gasteiger partial charge in [0.2, 0.25) is 0 Å². The van der Waals surface area contributed by atoms with E-state index in [-0.39, 0.29) is 28.7 Å². The second kappa shape index (κ2) is 9.73. The molecule has 154 valence electrons. The molecular formula is C22H25NO6. The molecule has 0 unspecified atom stereocenters. The standard InChI is InChI=1S/C22H25NO6/c1-13(2)18-8-6-7-9-19(18)23-20(24)14(3)29-17-11-15(21(25)27-4)10-16(12-17)22(26)28-5/h6-14H,1-5H3,(H,23,24)/t14-/m1/s1. The first-order valence-corrected chi connectivity index (χ1v) is 9.15. The summed E-state index contributed by atoms with van der Waals surface area (Å²) in [5, 5.41) is 2.86. The topological polar surface area (TPSA) is 90.9 Å². The molecule has 0 spiro atoms. The summed E-state index contributed by atoms with van der Waals surface area (Å²) in [6.45, 7) is 5.66. The molecule has 0 aliphatic heterocycles. The van der Waals surface area contributed by atoms with E-state index in [2.05, 4.69) is 5.32 Å². The maximum absolute atomic E-state index is 12.6. The van der Waals surface area contributed by atoms with Crippen LogP contribution in [0.15, 0.2) is 42.5 Å². The lowest BCUT2D eigenvalue weighted by molar-refractivity contribution is -0.122. The quantitative estimate of drug-likeness (QED) is 0.713. The molecule has 2 rings (SSSR count). The van der Waals surface area contributed by atoms with Gasteiger partial charge >= 0.3 is 11.9 Å². The Kier molecular flexibility index (Phi) is 7.36. The van der Waals surface area contributed by atoms with Crippen molar-refractivity contribution in [2.75, 3.05) is 19.5 Å². The van der Waals surface area contributed by atoms with Crippen LogP contribution in [0.5, 0.6) is 5.75 Å². The van der Waals surface area contributed by atoms with Gasteiger partial charge < -0.3 is 19.5 Å². The lowest BCUT2D eigenvalue weighted by atomic mass is 10.0. The normalized spacial score (nSPS) is 11.5. The third-order valence-electron chi connectivity index (χ3n) is 4.27. The van der Waals surface area contributed by atoms with Crippen LogP contribution in [0, 0.1) is 0 Å². The van der Waals surface area contributed by atoms with Crippen LogP contribution in [0.4, 0.5) is 5.69 Å². The van der Waals surface area contributed by atoms with Gasteiger partial charge in [0.25, 0.3) is 5.91 Å². The Bertz CT molecular complexity index is 872. The molecule has 0 radical (unpaired) electrons. The van der Waals surface area contributed by atoms with Crippen molar-refractivity contribution in [3.63, 3.8) is 0 Å². The number of carbonyl (C=O) groups excluding carboxylic acids is 3. The third-order valence-corrected chi connectivity index (χ3v) is 4.27. The van der Waals surface area contributed by atoms with Gasteiger partial charge in [0, 0.05) is 5.69 Å². The van der Waals surface area contributed by atoms with Crippen molar-refractivity contribution in [2.24, 2.45) is 0 Å². The van der Waals surface area contributed by atoms with Crippen LogP contribution in [-0.4, -0.2) is 38.2 Å². The minimum Gasteiger partial charge on any atom is -0.481 e. The maximum atomic E-state index is 12.6. The van der Waals surface area contributed by atoms with Gasteiger partial charge in [0.05, 0.1) is 25.3 Å². The minimum absolute atomic E-state index is 0.114. The number of nitrogens with one attached hydrogen (secondary N) is 1. The fourth-order valence-electron chi connectivity index (χ4n) is 2.74. The molecule has 0 bridgehead atoms. The zero-order chi connectivity index (χ0) is 21.6. The van der Waals surface area contributed by atoms with Crippen molar-refractivity contribution in [2.45, 2.75) is 32.8 Å². The molecule has 29 heavy (non-hydrogen) atoms. The fourth-order valence-corrected chi connectivity index (χ4v) is 2.74. The van der Waals surface area contributed by atoms with Gasteiger partial charge in [-0.25, -0.2) is 9.59 Å². The Morgan fingerprint density at radius 1 is 0.862 bits per heavy atom. The summed E-state index contributed by atoms with van der Waals surface area (Å²) in [6, 6.07) is 11.7. The first-order valence-electron chi connectivity index (χ1n) is 9.15. The molecule has 0 saturated heterocycles. The molecule has 1 amide bonds. The maximum Gasteiger partial charge on any atom is 0.338 e. The molecule has 0 aliphatic carbocycles. The molecule has 2 aromatic carbocycles. The van der Waals surface area contributed by atoms with Crippen LogP contribution >= 0.6 is 0 Å².